The van der Waals surface area contributed by atoms with Crippen molar-refractivity contribution < 1.29 is 9.59 Å². The molecule has 2 amide bonds. The Kier molecular flexibility index (Phi) is 5.16. The molecule has 5 heteroatoms. The minimum atomic E-state index is -0.249. The number of hydrogen-bond acceptors (Lipinski definition) is 2. The van der Waals surface area contributed by atoms with Gasteiger partial charge in [0.1, 0.15) is 0 Å². The number of carbonyl (C=O) groups is 2. The van der Waals surface area contributed by atoms with Gasteiger partial charge in [-0.05, 0) is 0 Å². The van der Waals surface area contributed by atoms with Gasteiger partial charge in [-0.2, -0.15) is 0 Å². The van der Waals surface area contributed by atoms with Gasteiger partial charge in [0.25, 0.3) is 0 Å². The molecule has 2 aromatic rings. The molecule has 0 saturated heterocycles. The predicted octanol–water partition coefficient (Wildman–Crippen LogP) is 0.873. The average Bonchev–Trinajstić information content (AvgIpc) is 2.53. The number of carbonyl (C=O) groups excluding carboxylic acids is 2. The molecule has 0 heterocycles. The van der Waals surface area contributed by atoms with E-state index >= 15 is 0 Å². The van der Waals surface area contributed by atoms with E-state index in [2.05, 4.69) is 5.32 Å². The number of nitrogens with zero attached hydrogens (tertiary/aromatic N) is 1. The van der Waals surface area contributed by atoms with Crippen LogP contribution in [0.2, 0.25) is 0 Å². The standard InChI is InChI=1S/C16H15GeN2O2/c1-19(14-9-7-13(17)8-10-14)15(20)11-18-16(21)12-5-3-2-4-6-12/h2-10H,11H2,1H3,(H,18,21). The van der Waals surface area contributed by atoms with E-state index in [0.29, 0.717) is 5.56 Å². The van der Waals surface area contributed by atoms with E-state index in [4.69, 9.17) is 0 Å². The Morgan fingerprint density at radius 1 is 1.05 bits per heavy atom. The molecule has 0 atom stereocenters. The fraction of sp³-hybridized carbons (Fsp3) is 0.125. The number of rotatable bonds is 4. The Hall–Kier alpha value is -2.08. The molecule has 105 valence electrons. The second kappa shape index (κ2) is 7.08. The summed E-state index contributed by atoms with van der Waals surface area (Å²) in [4.78, 5) is 25.5. The molecule has 3 radical (unpaired) electrons. The van der Waals surface area contributed by atoms with Crippen molar-refractivity contribution in [1.82, 2.24) is 5.32 Å². The van der Waals surface area contributed by atoms with Gasteiger partial charge in [-0.3, -0.25) is 0 Å². The summed E-state index contributed by atoms with van der Waals surface area (Å²) in [6, 6.07) is 16.5. The van der Waals surface area contributed by atoms with Crippen LogP contribution in [0.1, 0.15) is 10.4 Å². The third-order valence-electron chi connectivity index (χ3n) is 3.06. The van der Waals surface area contributed by atoms with E-state index in [0.717, 1.165) is 10.1 Å². The van der Waals surface area contributed by atoms with Gasteiger partial charge in [0.2, 0.25) is 0 Å². The second-order valence-electron chi connectivity index (χ2n) is 4.55. The molecule has 2 rings (SSSR count). The van der Waals surface area contributed by atoms with Gasteiger partial charge >= 0.3 is 126 Å². The van der Waals surface area contributed by atoms with Crippen molar-refractivity contribution in [1.29, 1.82) is 0 Å². The number of hydrogen-bond donors (Lipinski definition) is 1. The van der Waals surface area contributed by atoms with Crippen molar-refractivity contribution in [3.63, 3.8) is 0 Å². The van der Waals surface area contributed by atoms with Gasteiger partial charge in [0, 0.05) is 0 Å². The van der Waals surface area contributed by atoms with E-state index in [1.165, 1.54) is 4.90 Å². The zero-order valence-electron chi connectivity index (χ0n) is 11.7. The number of anilines is 1. The SMILES string of the molecule is CN(C(=O)CNC(=O)c1ccccc1)c1cc[c]([Ge])cc1. The van der Waals surface area contributed by atoms with Gasteiger partial charge in [-0.1, -0.05) is 6.07 Å². The average molecular weight is 340 g/mol. The molecular formula is C16H15GeN2O2. The van der Waals surface area contributed by atoms with Crippen LogP contribution in [-0.4, -0.2) is 41.9 Å². The summed E-state index contributed by atoms with van der Waals surface area (Å²) in [6.45, 7) is -0.0297. The minimum absolute atomic E-state index is 0.0297. The van der Waals surface area contributed by atoms with Crippen LogP contribution in [0.4, 0.5) is 5.69 Å². The Bertz CT molecular complexity index is 626. The molecule has 0 bridgehead atoms. The molecule has 4 nitrogen and oxygen atoms in total. The van der Waals surface area contributed by atoms with Crippen molar-refractivity contribution in [2.75, 3.05) is 18.5 Å². The topological polar surface area (TPSA) is 49.4 Å². The van der Waals surface area contributed by atoms with Crippen molar-refractivity contribution >= 4 is 38.4 Å². The van der Waals surface area contributed by atoms with Crippen LogP contribution >= 0.6 is 0 Å². The van der Waals surface area contributed by atoms with Gasteiger partial charge in [0.05, 0.1) is 0 Å². The molecule has 0 aliphatic rings. The quantitative estimate of drug-likeness (QED) is 0.840. The summed E-state index contributed by atoms with van der Waals surface area (Å²) < 4.78 is 1.14. The van der Waals surface area contributed by atoms with Crippen molar-refractivity contribution in [2.24, 2.45) is 0 Å². The third kappa shape index (κ3) is 4.19. The molecule has 0 unspecified atom stereocenters. The van der Waals surface area contributed by atoms with E-state index in [9.17, 15) is 9.59 Å². The Labute approximate surface area is 132 Å². The van der Waals surface area contributed by atoms with Crippen molar-refractivity contribution in [2.45, 2.75) is 0 Å². The molecule has 21 heavy (non-hydrogen) atoms. The first kappa shape index (κ1) is 15.3. The Morgan fingerprint density at radius 3 is 2.29 bits per heavy atom. The first-order valence-corrected chi connectivity index (χ1v) is 7.54. The molecule has 0 aromatic heterocycles. The van der Waals surface area contributed by atoms with Crippen LogP contribution in [0.15, 0.2) is 54.6 Å². The molecule has 2 aromatic carbocycles. The van der Waals surface area contributed by atoms with E-state index in [1.54, 1.807) is 31.3 Å². The van der Waals surface area contributed by atoms with E-state index < -0.39 is 0 Å². The van der Waals surface area contributed by atoms with Gasteiger partial charge < -0.3 is 0 Å². The zero-order chi connectivity index (χ0) is 15.2. The molecule has 1 N–H and O–H groups in total. The maximum atomic E-state index is 12.1. The van der Waals surface area contributed by atoms with Gasteiger partial charge in [-0.15, -0.1) is 0 Å². The summed E-state index contributed by atoms with van der Waals surface area (Å²) in [7, 11) is 1.70. The normalized spacial score (nSPS) is 10.0. The fourth-order valence-electron chi connectivity index (χ4n) is 1.80. The molecule has 0 spiro atoms. The molecule has 0 aliphatic heterocycles. The van der Waals surface area contributed by atoms with Crippen molar-refractivity contribution in [3.05, 3.63) is 60.2 Å². The second-order valence-corrected chi connectivity index (χ2v) is 5.76. The van der Waals surface area contributed by atoms with E-state index in [-0.39, 0.29) is 18.4 Å². The number of nitrogens with one attached hydrogen (secondary N) is 1. The molecule has 0 saturated carbocycles. The summed E-state index contributed by atoms with van der Waals surface area (Å²) in [6.07, 6.45) is 0. The fourth-order valence-corrected chi connectivity index (χ4v) is 2.14. The Balaban J connectivity index is 1.92. The maximum absolute atomic E-state index is 12.1. The first-order valence-electron chi connectivity index (χ1n) is 6.49. The van der Waals surface area contributed by atoms with Gasteiger partial charge in [-0.25, -0.2) is 0 Å². The van der Waals surface area contributed by atoms with Crippen LogP contribution < -0.4 is 14.6 Å². The van der Waals surface area contributed by atoms with E-state index in [1.807, 2.05) is 46.8 Å². The number of amides is 2. The Morgan fingerprint density at radius 2 is 1.67 bits per heavy atom. The van der Waals surface area contributed by atoms with Crippen LogP contribution in [0.3, 0.4) is 0 Å². The predicted molar refractivity (Wildman–Crippen MR) is 84.0 cm³/mol. The van der Waals surface area contributed by atoms with Crippen molar-refractivity contribution in [3.8, 4) is 0 Å². The molecule has 0 aliphatic carbocycles. The molecular weight excluding hydrogens is 325 g/mol. The van der Waals surface area contributed by atoms with Crippen LogP contribution in [0.5, 0.6) is 0 Å². The third-order valence-corrected chi connectivity index (χ3v) is 3.76. The molecule has 0 fully saturated rings. The van der Waals surface area contributed by atoms with Crippen LogP contribution in [-0.2, 0) is 4.79 Å². The van der Waals surface area contributed by atoms with Crippen LogP contribution in [0.25, 0.3) is 0 Å². The summed E-state index contributed by atoms with van der Waals surface area (Å²) in [5.41, 5.74) is 1.35. The first-order chi connectivity index (χ1) is 10.1. The number of likely N-dealkylation sites (N-methyl/N-ethyl adjacent to an activating group) is 1. The summed E-state index contributed by atoms with van der Waals surface area (Å²) in [5, 5.41) is 2.63. The summed E-state index contributed by atoms with van der Waals surface area (Å²) in [5.74, 6) is -0.413. The monoisotopic (exact) mass is 341 g/mol. The summed E-state index contributed by atoms with van der Waals surface area (Å²) >= 11 is 1.99. The van der Waals surface area contributed by atoms with Crippen LogP contribution in [0, 0.1) is 0 Å². The number of benzene rings is 2. The zero-order valence-corrected chi connectivity index (χ0v) is 13.8. The van der Waals surface area contributed by atoms with Gasteiger partial charge in [0.15, 0.2) is 0 Å².